The molecular formula is C7H16N2O2. The van der Waals surface area contributed by atoms with Crippen molar-refractivity contribution in [1.29, 1.82) is 0 Å². The lowest BCUT2D eigenvalue weighted by molar-refractivity contribution is -0.139. The van der Waals surface area contributed by atoms with Gasteiger partial charge in [0.1, 0.15) is 6.04 Å². The molecule has 0 aromatic carbocycles. The molecule has 4 N–H and O–H groups in total. The van der Waals surface area contributed by atoms with Gasteiger partial charge in [-0.2, -0.15) is 0 Å². The van der Waals surface area contributed by atoms with Crippen LogP contribution in [0, 0.1) is 0 Å². The van der Waals surface area contributed by atoms with Gasteiger partial charge in [0.25, 0.3) is 0 Å². The zero-order chi connectivity index (χ0) is 8.69. The first-order chi connectivity index (χ1) is 5.22. The molecule has 1 atom stereocenters. The molecule has 0 aliphatic rings. The van der Waals surface area contributed by atoms with Crippen molar-refractivity contribution in [2.24, 2.45) is 5.73 Å². The van der Waals surface area contributed by atoms with Crippen LogP contribution in [0.15, 0.2) is 0 Å². The molecule has 0 bridgehead atoms. The van der Waals surface area contributed by atoms with Gasteiger partial charge in [-0.15, -0.1) is 0 Å². The van der Waals surface area contributed by atoms with Crippen molar-refractivity contribution in [3.63, 3.8) is 0 Å². The maximum Gasteiger partial charge on any atom is 0.320 e. The Labute approximate surface area is 66.8 Å². The summed E-state index contributed by atoms with van der Waals surface area (Å²) in [4.78, 5) is 10.5. The van der Waals surface area contributed by atoms with Gasteiger partial charge in [0.05, 0.1) is 0 Å². The van der Waals surface area contributed by atoms with Crippen LogP contribution in [-0.2, 0) is 4.79 Å². The summed E-state index contributed by atoms with van der Waals surface area (Å²) in [5.41, 5.74) is 5.25. The Morgan fingerprint density at radius 2 is 2.36 bits per heavy atom. The third-order valence-corrected chi connectivity index (χ3v) is 1.45. The van der Waals surface area contributed by atoms with E-state index in [0.29, 0.717) is 19.5 Å². The second-order valence-corrected chi connectivity index (χ2v) is 2.38. The van der Waals surface area contributed by atoms with Crippen LogP contribution in [-0.4, -0.2) is 30.2 Å². The number of rotatable bonds is 6. The van der Waals surface area contributed by atoms with E-state index < -0.39 is 12.0 Å². The molecule has 0 saturated heterocycles. The SMILES string of the molecule is CCN[C@@H](CCCN)C(=O)O. The van der Waals surface area contributed by atoms with Crippen LogP contribution in [0.2, 0.25) is 0 Å². The minimum Gasteiger partial charge on any atom is -0.480 e. The molecule has 0 aliphatic carbocycles. The van der Waals surface area contributed by atoms with E-state index >= 15 is 0 Å². The Balaban J connectivity index is 3.60. The van der Waals surface area contributed by atoms with Gasteiger partial charge < -0.3 is 16.2 Å². The number of hydrogen-bond donors (Lipinski definition) is 3. The largest absolute Gasteiger partial charge is 0.480 e. The fourth-order valence-electron chi connectivity index (χ4n) is 0.881. The molecule has 66 valence electrons. The molecule has 0 heterocycles. The third kappa shape index (κ3) is 4.75. The van der Waals surface area contributed by atoms with Crippen molar-refractivity contribution in [2.45, 2.75) is 25.8 Å². The van der Waals surface area contributed by atoms with Crippen molar-refractivity contribution < 1.29 is 9.90 Å². The van der Waals surface area contributed by atoms with Crippen molar-refractivity contribution in [2.75, 3.05) is 13.1 Å². The Morgan fingerprint density at radius 3 is 2.73 bits per heavy atom. The average molecular weight is 160 g/mol. The molecule has 0 fully saturated rings. The van der Waals surface area contributed by atoms with Gasteiger partial charge in [-0.3, -0.25) is 4.79 Å². The van der Waals surface area contributed by atoms with Crippen LogP contribution < -0.4 is 11.1 Å². The maximum absolute atomic E-state index is 10.5. The molecule has 4 nitrogen and oxygen atoms in total. The summed E-state index contributed by atoms with van der Waals surface area (Å²) in [5, 5.41) is 11.5. The highest BCUT2D eigenvalue weighted by Gasteiger charge is 2.13. The van der Waals surface area contributed by atoms with Crippen LogP contribution in [0.25, 0.3) is 0 Å². The number of hydrogen-bond acceptors (Lipinski definition) is 3. The molecule has 0 amide bonds. The smallest absolute Gasteiger partial charge is 0.320 e. The highest BCUT2D eigenvalue weighted by atomic mass is 16.4. The van der Waals surface area contributed by atoms with E-state index in [4.69, 9.17) is 10.8 Å². The molecule has 4 heteroatoms. The first-order valence-electron chi connectivity index (χ1n) is 3.88. The van der Waals surface area contributed by atoms with E-state index in [9.17, 15) is 4.79 Å². The predicted octanol–water partition coefficient (Wildman–Crippen LogP) is -0.212. The summed E-state index contributed by atoms with van der Waals surface area (Å²) in [6.45, 7) is 3.12. The van der Waals surface area contributed by atoms with Crippen LogP contribution in [0.1, 0.15) is 19.8 Å². The first-order valence-corrected chi connectivity index (χ1v) is 3.88. The van der Waals surface area contributed by atoms with Crippen molar-refractivity contribution in [3.8, 4) is 0 Å². The summed E-state index contributed by atoms with van der Waals surface area (Å²) in [7, 11) is 0. The van der Waals surface area contributed by atoms with E-state index in [0.717, 1.165) is 6.42 Å². The number of nitrogens with two attached hydrogens (primary N) is 1. The number of carboxylic acid groups (broad SMARTS) is 1. The zero-order valence-corrected chi connectivity index (χ0v) is 6.84. The maximum atomic E-state index is 10.5. The minimum absolute atomic E-state index is 0.427. The van der Waals surface area contributed by atoms with Crippen molar-refractivity contribution >= 4 is 5.97 Å². The summed E-state index contributed by atoms with van der Waals surface area (Å²) < 4.78 is 0. The lowest BCUT2D eigenvalue weighted by Crippen LogP contribution is -2.36. The Kier molecular flexibility index (Phi) is 5.78. The van der Waals surface area contributed by atoms with Crippen LogP contribution >= 0.6 is 0 Å². The first kappa shape index (κ1) is 10.4. The average Bonchev–Trinajstić information content (AvgIpc) is 1.97. The second kappa shape index (κ2) is 6.12. The molecule has 0 aromatic rings. The normalized spacial score (nSPS) is 12.9. The Hall–Kier alpha value is -0.610. The topological polar surface area (TPSA) is 75.3 Å². The van der Waals surface area contributed by atoms with Crippen LogP contribution in [0.4, 0.5) is 0 Å². The van der Waals surface area contributed by atoms with Gasteiger partial charge in [0.2, 0.25) is 0 Å². The molecule has 0 rings (SSSR count). The molecule has 0 aromatic heterocycles. The standard InChI is InChI=1S/C7H16N2O2/c1-2-9-6(7(10)11)4-3-5-8/h6,9H,2-5,8H2,1H3,(H,10,11)/t6-/m0/s1. The molecule has 11 heavy (non-hydrogen) atoms. The monoisotopic (exact) mass is 160 g/mol. The molecule has 0 spiro atoms. The van der Waals surface area contributed by atoms with E-state index in [1.54, 1.807) is 0 Å². The molecule has 0 saturated carbocycles. The molecule has 0 radical (unpaired) electrons. The second-order valence-electron chi connectivity index (χ2n) is 2.38. The van der Waals surface area contributed by atoms with E-state index in [-0.39, 0.29) is 0 Å². The number of carboxylic acids is 1. The van der Waals surface area contributed by atoms with Gasteiger partial charge >= 0.3 is 5.97 Å². The number of likely N-dealkylation sites (N-methyl/N-ethyl adjacent to an activating group) is 1. The van der Waals surface area contributed by atoms with Crippen LogP contribution in [0.3, 0.4) is 0 Å². The van der Waals surface area contributed by atoms with E-state index in [1.165, 1.54) is 0 Å². The number of carbonyl (C=O) groups is 1. The third-order valence-electron chi connectivity index (χ3n) is 1.45. The lowest BCUT2D eigenvalue weighted by Gasteiger charge is -2.11. The quantitative estimate of drug-likeness (QED) is 0.502. The molecule has 0 unspecified atom stereocenters. The summed E-state index contributed by atoms with van der Waals surface area (Å²) in [5.74, 6) is -0.791. The van der Waals surface area contributed by atoms with E-state index in [1.807, 2.05) is 6.92 Å². The van der Waals surface area contributed by atoms with Gasteiger partial charge in [-0.25, -0.2) is 0 Å². The van der Waals surface area contributed by atoms with E-state index in [2.05, 4.69) is 5.32 Å². The van der Waals surface area contributed by atoms with Gasteiger partial charge in [0, 0.05) is 0 Å². The molecular weight excluding hydrogens is 144 g/mol. The van der Waals surface area contributed by atoms with Gasteiger partial charge in [0.15, 0.2) is 0 Å². The highest BCUT2D eigenvalue weighted by molar-refractivity contribution is 5.73. The van der Waals surface area contributed by atoms with Crippen LogP contribution in [0.5, 0.6) is 0 Å². The van der Waals surface area contributed by atoms with Gasteiger partial charge in [-0.1, -0.05) is 6.92 Å². The Bertz CT molecular complexity index is 117. The fraction of sp³-hybridized carbons (Fsp3) is 0.857. The number of nitrogens with one attached hydrogen (secondary N) is 1. The fourth-order valence-corrected chi connectivity index (χ4v) is 0.881. The highest BCUT2D eigenvalue weighted by Crippen LogP contribution is 1.95. The summed E-state index contributed by atoms with van der Waals surface area (Å²) in [6.07, 6.45) is 1.36. The summed E-state index contributed by atoms with van der Waals surface area (Å²) >= 11 is 0. The Morgan fingerprint density at radius 1 is 1.73 bits per heavy atom. The minimum atomic E-state index is -0.791. The predicted molar refractivity (Wildman–Crippen MR) is 43.4 cm³/mol. The van der Waals surface area contributed by atoms with Crippen molar-refractivity contribution in [3.05, 3.63) is 0 Å². The zero-order valence-electron chi connectivity index (χ0n) is 6.84. The lowest BCUT2D eigenvalue weighted by atomic mass is 10.1. The molecule has 0 aliphatic heterocycles. The van der Waals surface area contributed by atoms with Gasteiger partial charge in [-0.05, 0) is 25.9 Å². The summed E-state index contributed by atoms with van der Waals surface area (Å²) in [6, 6.07) is -0.427. The van der Waals surface area contributed by atoms with Crippen molar-refractivity contribution in [1.82, 2.24) is 5.32 Å². The number of aliphatic carboxylic acids is 1.